The van der Waals surface area contributed by atoms with E-state index in [1.807, 2.05) is 0 Å². The van der Waals surface area contributed by atoms with E-state index in [9.17, 15) is 9.90 Å². The smallest absolute Gasteiger partial charge is 0.205 e. The summed E-state index contributed by atoms with van der Waals surface area (Å²) in [5.41, 5.74) is 0.294. The van der Waals surface area contributed by atoms with Crippen molar-refractivity contribution >= 4 is 11.0 Å². The maximum absolute atomic E-state index is 12.6. The number of fused-ring (bicyclic) bond motifs is 1. The van der Waals surface area contributed by atoms with Gasteiger partial charge in [0.15, 0.2) is 28.3 Å². The molecule has 0 radical (unpaired) electrons. The summed E-state index contributed by atoms with van der Waals surface area (Å²) >= 11 is 0. The van der Waals surface area contributed by atoms with Crippen LogP contribution in [0.4, 0.5) is 0 Å². The zero-order valence-electron chi connectivity index (χ0n) is 14.8. The number of methoxy groups -OCH3 is 4. The molecule has 0 aliphatic heterocycles. The number of hydrogen-bond acceptors (Lipinski definition) is 7. The second-order valence-electron chi connectivity index (χ2n) is 5.38. The van der Waals surface area contributed by atoms with E-state index in [1.165, 1.54) is 40.6 Å². The van der Waals surface area contributed by atoms with Gasteiger partial charge in [-0.25, -0.2) is 0 Å². The van der Waals surface area contributed by atoms with Crippen molar-refractivity contribution in [1.82, 2.24) is 0 Å². The van der Waals surface area contributed by atoms with E-state index in [1.54, 1.807) is 18.2 Å². The molecule has 3 aromatic rings. The van der Waals surface area contributed by atoms with Crippen molar-refractivity contribution in [3.05, 3.63) is 40.6 Å². The molecule has 0 atom stereocenters. The molecule has 136 valence electrons. The fourth-order valence-corrected chi connectivity index (χ4v) is 2.75. The molecule has 0 bridgehead atoms. The first-order valence-corrected chi connectivity index (χ1v) is 7.68. The molecule has 0 saturated carbocycles. The second kappa shape index (κ2) is 6.87. The fourth-order valence-electron chi connectivity index (χ4n) is 2.75. The second-order valence-corrected chi connectivity index (χ2v) is 5.38. The molecule has 7 heteroatoms. The van der Waals surface area contributed by atoms with Crippen molar-refractivity contribution in [2.24, 2.45) is 0 Å². The lowest BCUT2D eigenvalue weighted by atomic mass is 10.1. The Balaban J connectivity index is 2.31. The van der Waals surface area contributed by atoms with Crippen LogP contribution < -0.4 is 24.4 Å². The average Bonchev–Trinajstić information content (AvgIpc) is 2.66. The third-order valence-electron chi connectivity index (χ3n) is 3.99. The highest BCUT2D eigenvalue weighted by Crippen LogP contribution is 2.41. The van der Waals surface area contributed by atoms with Gasteiger partial charge in [0, 0.05) is 17.7 Å². The van der Waals surface area contributed by atoms with E-state index < -0.39 is 5.43 Å². The quantitative estimate of drug-likeness (QED) is 0.749. The Hall–Kier alpha value is -3.35. The number of rotatable bonds is 5. The van der Waals surface area contributed by atoms with E-state index in [-0.39, 0.29) is 34.0 Å². The Kier molecular flexibility index (Phi) is 4.62. The number of hydrogen-bond donors (Lipinski definition) is 1. The fraction of sp³-hybridized carbons (Fsp3) is 0.211. The maximum atomic E-state index is 12.6. The standard InChI is InChI=1S/C19H18O7/c1-22-13-6-5-10(7-15(13)23-2)14-8-11(20)17-12(21)9-16(24-3)18(25-4)19(17)26-14/h5-9,21H,1-4H3. The number of phenolic OH excluding ortho intramolecular Hbond substituents is 1. The van der Waals surface area contributed by atoms with Crippen molar-refractivity contribution < 1.29 is 28.5 Å². The molecule has 0 amide bonds. The lowest BCUT2D eigenvalue weighted by Crippen LogP contribution is -2.03. The molecule has 2 aromatic carbocycles. The Labute approximate surface area is 149 Å². The van der Waals surface area contributed by atoms with Gasteiger partial charge in [-0.05, 0) is 18.2 Å². The van der Waals surface area contributed by atoms with Crippen LogP contribution in [0.3, 0.4) is 0 Å². The predicted molar refractivity (Wildman–Crippen MR) is 95.8 cm³/mol. The molecular formula is C19H18O7. The zero-order chi connectivity index (χ0) is 18.8. The number of aromatic hydroxyl groups is 1. The van der Waals surface area contributed by atoms with Crippen LogP contribution >= 0.6 is 0 Å². The summed E-state index contributed by atoms with van der Waals surface area (Å²) < 4.78 is 26.9. The molecule has 26 heavy (non-hydrogen) atoms. The van der Waals surface area contributed by atoms with Gasteiger partial charge in [-0.3, -0.25) is 4.79 Å². The van der Waals surface area contributed by atoms with Gasteiger partial charge in [-0.15, -0.1) is 0 Å². The summed E-state index contributed by atoms with van der Waals surface area (Å²) in [4.78, 5) is 12.6. The van der Waals surface area contributed by atoms with Gasteiger partial charge in [0.25, 0.3) is 0 Å². The molecule has 0 saturated heterocycles. The van der Waals surface area contributed by atoms with Crippen molar-refractivity contribution in [3.63, 3.8) is 0 Å². The highest BCUT2D eigenvalue weighted by molar-refractivity contribution is 5.91. The Morgan fingerprint density at radius 3 is 2.15 bits per heavy atom. The molecule has 1 aromatic heterocycles. The lowest BCUT2D eigenvalue weighted by Gasteiger charge is -2.13. The van der Waals surface area contributed by atoms with Crippen molar-refractivity contribution in [3.8, 4) is 40.1 Å². The predicted octanol–water partition coefficient (Wildman–Crippen LogP) is 3.20. The van der Waals surface area contributed by atoms with Crippen LogP contribution in [0.5, 0.6) is 28.7 Å². The normalized spacial score (nSPS) is 10.6. The summed E-state index contributed by atoms with van der Waals surface area (Å²) in [6.07, 6.45) is 0. The minimum absolute atomic E-state index is 0.0203. The zero-order valence-corrected chi connectivity index (χ0v) is 14.8. The topological polar surface area (TPSA) is 87.4 Å². The number of phenols is 1. The monoisotopic (exact) mass is 358 g/mol. The van der Waals surface area contributed by atoms with Crippen molar-refractivity contribution in [2.75, 3.05) is 28.4 Å². The van der Waals surface area contributed by atoms with Crippen LogP contribution in [0.25, 0.3) is 22.3 Å². The van der Waals surface area contributed by atoms with Crippen LogP contribution in [-0.4, -0.2) is 33.5 Å². The highest BCUT2D eigenvalue weighted by atomic mass is 16.5. The van der Waals surface area contributed by atoms with Crippen LogP contribution in [0.1, 0.15) is 0 Å². The maximum Gasteiger partial charge on any atom is 0.205 e. The molecular weight excluding hydrogens is 340 g/mol. The van der Waals surface area contributed by atoms with Gasteiger partial charge >= 0.3 is 0 Å². The van der Waals surface area contributed by atoms with E-state index >= 15 is 0 Å². The first-order valence-electron chi connectivity index (χ1n) is 7.68. The molecule has 0 aliphatic carbocycles. The van der Waals surface area contributed by atoms with Crippen LogP contribution in [-0.2, 0) is 0 Å². The lowest BCUT2D eigenvalue weighted by molar-refractivity contribution is 0.350. The molecule has 1 heterocycles. The van der Waals surface area contributed by atoms with Crippen LogP contribution in [0, 0.1) is 0 Å². The van der Waals surface area contributed by atoms with Gasteiger partial charge in [0.05, 0.1) is 28.4 Å². The van der Waals surface area contributed by atoms with Gasteiger partial charge < -0.3 is 28.5 Å². The molecule has 3 rings (SSSR count). The molecule has 7 nitrogen and oxygen atoms in total. The first kappa shape index (κ1) is 17.5. The van der Waals surface area contributed by atoms with Gasteiger partial charge in [0.2, 0.25) is 5.75 Å². The number of ether oxygens (including phenoxy) is 4. The summed E-state index contributed by atoms with van der Waals surface area (Å²) in [7, 11) is 5.91. The van der Waals surface area contributed by atoms with Crippen molar-refractivity contribution in [1.29, 1.82) is 0 Å². The van der Waals surface area contributed by atoms with Gasteiger partial charge in [-0.2, -0.15) is 0 Å². The third kappa shape index (κ3) is 2.77. The minimum Gasteiger partial charge on any atom is -0.507 e. The van der Waals surface area contributed by atoms with Gasteiger partial charge in [0.1, 0.15) is 16.9 Å². The van der Waals surface area contributed by atoms with Crippen LogP contribution in [0.15, 0.2) is 39.5 Å². The van der Waals surface area contributed by atoms with Crippen molar-refractivity contribution in [2.45, 2.75) is 0 Å². The molecule has 0 unspecified atom stereocenters. The molecule has 1 N–H and O–H groups in total. The Morgan fingerprint density at radius 1 is 0.846 bits per heavy atom. The molecule has 0 spiro atoms. The number of benzene rings is 2. The van der Waals surface area contributed by atoms with E-state index in [2.05, 4.69) is 0 Å². The third-order valence-corrected chi connectivity index (χ3v) is 3.99. The minimum atomic E-state index is -0.408. The molecule has 0 aliphatic rings. The Morgan fingerprint density at radius 2 is 1.54 bits per heavy atom. The van der Waals surface area contributed by atoms with E-state index in [0.717, 1.165) is 0 Å². The largest absolute Gasteiger partial charge is 0.507 e. The van der Waals surface area contributed by atoms with E-state index in [0.29, 0.717) is 17.1 Å². The highest BCUT2D eigenvalue weighted by Gasteiger charge is 2.20. The summed E-state index contributed by atoms with van der Waals surface area (Å²) in [5, 5.41) is 10.2. The Bertz CT molecular complexity index is 1020. The first-order chi connectivity index (χ1) is 12.5. The van der Waals surface area contributed by atoms with E-state index in [4.69, 9.17) is 23.4 Å². The summed E-state index contributed by atoms with van der Waals surface area (Å²) in [5.74, 6) is 1.56. The molecule has 0 fully saturated rings. The summed E-state index contributed by atoms with van der Waals surface area (Å²) in [6, 6.07) is 7.75. The SMILES string of the molecule is COc1ccc(-c2cc(=O)c3c(O)cc(OC)c(OC)c3o2)cc1OC. The van der Waals surface area contributed by atoms with Gasteiger partial charge in [-0.1, -0.05) is 0 Å². The van der Waals surface area contributed by atoms with Crippen LogP contribution in [0.2, 0.25) is 0 Å². The average molecular weight is 358 g/mol. The summed E-state index contributed by atoms with van der Waals surface area (Å²) in [6.45, 7) is 0.